The van der Waals surface area contributed by atoms with Crippen LogP contribution in [0.3, 0.4) is 0 Å². The molecule has 94 valence electrons. The molecule has 1 heterocycles. The van der Waals surface area contributed by atoms with E-state index >= 15 is 0 Å². The van der Waals surface area contributed by atoms with E-state index in [1.807, 2.05) is 0 Å². The van der Waals surface area contributed by atoms with Crippen LogP contribution in [0.2, 0.25) is 0 Å². The van der Waals surface area contributed by atoms with Gasteiger partial charge in [-0.1, -0.05) is 13.8 Å². The number of nitrogens with one attached hydrogen (secondary N) is 1. The van der Waals surface area contributed by atoms with E-state index in [1.165, 1.54) is 16.8 Å². The van der Waals surface area contributed by atoms with Crippen LogP contribution in [0.25, 0.3) is 0 Å². The first-order valence-corrected chi connectivity index (χ1v) is 5.50. The maximum Gasteiger partial charge on any atom is 0.287 e. The van der Waals surface area contributed by atoms with Gasteiger partial charge in [-0.25, -0.2) is 0 Å². The zero-order valence-corrected chi connectivity index (χ0v) is 10.3. The van der Waals surface area contributed by atoms with Crippen molar-refractivity contribution in [1.29, 1.82) is 0 Å². The minimum Gasteiger partial charge on any atom is -0.351 e. The van der Waals surface area contributed by atoms with Crippen molar-refractivity contribution in [1.82, 2.24) is 9.88 Å². The summed E-state index contributed by atoms with van der Waals surface area (Å²) in [6.07, 6.45) is 2.22. The van der Waals surface area contributed by atoms with Crippen LogP contribution in [0.4, 0.5) is 5.69 Å². The van der Waals surface area contributed by atoms with Crippen molar-refractivity contribution >= 4 is 11.6 Å². The third kappa shape index (κ3) is 3.58. The number of carbonyl (C=O) groups excluding carboxylic acids is 1. The Kier molecular flexibility index (Phi) is 4.25. The topological polar surface area (TPSA) is 77.2 Å². The second-order valence-electron chi connectivity index (χ2n) is 4.39. The molecule has 0 unspecified atom stereocenters. The molecule has 0 aliphatic rings. The van der Waals surface area contributed by atoms with Crippen LogP contribution < -0.4 is 5.32 Å². The van der Waals surface area contributed by atoms with Gasteiger partial charge in [-0.3, -0.25) is 14.9 Å². The van der Waals surface area contributed by atoms with E-state index in [0.29, 0.717) is 18.2 Å². The third-order valence-electron chi connectivity index (χ3n) is 2.44. The summed E-state index contributed by atoms with van der Waals surface area (Å²) in [7, 11) is 1.62. The highest BCUT2D eigenvalue weighted by atomic mass is 16.6. The van der Waals surface area contributed by atoms with Crippen molar-refractivity contribution < 1.29 is 9.72 Å². The van der Waals surface area contributed by atoms with Crippen molar-refractivity contribution in [3.63, 3.8) is 0 Å². The first-order chi connectivity index (χ1) is 7.91. The number of rotatable bonds is 5. The molecule has 6 heteroatoms. The first-order valence-electron chi connectivity index (χ1n) is 5.50. The molecule has 0 saturated carbocycles. The average Bonchev–Trinajstić information content (AvgIpc) is 2.59. The molecule has 0 bridgehead atoms. The van der Waals surface area contributed by atoms with Crippen molar-refractivity contribution in [3.8, 4) is 0 Å². The Morgan fingerprint density at radius 3 is 2.71 bits per heavy atom. The molecule has 0 radical (unpaired) electrons. The molecule has 0 aromatic carbocycles. The average molecular weight is 239 g/mol. The van der Waals surface area contributed by atoms with Crippen LogP contribution in [-0.4, -0.2) is 21.9 Å². The molecular weight excluding hydrogens is 222 g/mol. The molecule has 1 aromatic heterocycles. The van der Waals surface area contributed by atoms with Crippen LogP contribution >= 0.6 is 0 Å². The summed E-state index contributed by atoms with van der Waals surface area (Å²) in [5, 5.41) is 13.3. The molecule has 1 aromatic rings. The van der Waals surface area contributed by atoms with Gasteiger partial charge in [0.25, 0.3) is 11.6 Å². The summed E-state index contributed by atoms with van der Waals surface area (Å²) in [4.78, 5) is 21.8. The second kappa shape index (κ2) is 5.47. The van der Waals surface area contributed by atoms with Crippen molar-refractivity contribution in [2.24, 2.45) is 13.0 Å². The number of nitrogens with zero attached hydrogens (tertiary/aromatic N) is 2. The fraction of sp³-hybridized carbons (Fsp3) is 0.545. The number of aryl methyl sites for hydroxylation is 1. The molecule has 1 amide bonds. The van der Waals surface area contributed by atoms with Gasteiger partial charge in [-0.2, -0.15) is 0 Å². The van der Waals surface area contributed by atoms with Crippen LogP contribution in [-0.2, 0) is 7.05 Å². The molecule has 0 saturated heterocycles. The Hall–Kier alpha value is -1.85. The SMILES string of the molecule is CC(C)CCNC(=O)c1cc([N+](=O)[O-])cn1C. The van der Waals surface area contributed by atoms with E-state index in [1.54, 1.807) is 7.05 Å². The standard InChI is InChI=1S/C11H17N3O3/c1-8(2)4-5-12-11(15)10-6-9(14(16)17)7-13(10)3/h6-8H,4-5H2,1-3H3,(H,12,15). The summed E-state index contributed by atoms with van der Waals surface area (Å²) in [5.74, 6) is 0.235. The number of nitro groups is 1. The number of hydrogen-bond acceptors (Lipinski definition) is 3. The van der Waals surface area contributed by atoms with Gasteiger partial charge in [-0.15, -0.1) is 0 Å². The molecule has 1 N–H and O–H groups in total. The highest BCUT2D eigenvalue weighted by molar-refractivity contribution is 5.93. The molecule has 0 aliphatic carbocycles. The van der Waals surface area contributed by atoms with Crippen molar-refractivity contribution in [2.75, 3.05) is 6.54 Å². The van der Waals surface area contributed by atoms with Gasteiger partial charge in [-0.05, 0) is 12.3 Å². The zero-order chi connectivity index (χ0) is 13.0. The van der Waals surface area contributed by atoms with Crippen LogP contribution in [0.1, 0.15) is 30.8 Å². The number of carbonyl (C=O) groups is 1. The summed E-state index contributed by atoms with van der Waals surface area (Å²) < 4.78 is 1.46. The smallest absolute Gasteiger partial charge is 0.287 e. The predicted molar refractivity (Wildman–Crippen MR) is 63.9 cm³/mol. The zero-order valence-electron chi connectivity index (χ0n) is 10.3. The van der Waals surface area contributed by atoms with Gasteiger partial charge in [0.05, 0.1) is 11.1 Å². The van der Waals surface area contributed by atoms with Gasteiger partial charge in [0.2, 0.25) is 0 Å². The van der Waals surface area contributed by atoms with Crippen LogP contribution in [0, 0.1) is 16.0 Å². The fourth-order valence-corrected chi connectivity index (χ4v) is 1.44. The Balaban J connectivity index is 2.66. The predicted octanol–water partition coefficient (Wildman–Crippen LogP) is 1.71. The molecular formula is C11H17N3O3. The molecule has 0 fully saturated rings. The number of hydrogen-bond donors (Lipinski definition) is 1. The maximum atomic E-state index is 11.7. The van der Waals surface area contributed by atoms with Crippen LogP contribution in [0.15, 0.2) is 12.3 Å². The summed E-state index contributed by atoms with van der Waals surface area (Å²) >= 11 is 0. The Labute approximate surface area is 99.8 Å². The van der Waals surface area contributed by atoms with Gasteiger partial charge in [0.15, 0.2) is 0 Å². The normalized spacial score (nSPS) is 10.6. The largest absolute Gasteiger partial charge is 0.351 e. The number of amides is 1. The third-order valence-corrected chi connectivity index (χ3v) is 2.44. The van der Waals surface area contributed by atoms with Crippen molar-refractivity contribution in [3.05, 3.63) is 28.1 Å². The molecule has 0 spiro atoms. The van der Waals surface area contributed by atoms with Crippen molar-refractivity contribution in [2.45, 2.75) is 20.3 Å². The van der Waals surface area contributed by atoms with E-state index in [2.05, 4.69) is 19.2 Å². The minimum absolute atomic E-state index is 0.0680. The van der Waals surface area contributed by atoms with Crippen LogP contribution in [0.5, 0.6) is 0 Å². The Morgan fingerprint density at radius 2 is 2.24 bits per heavy atom. The monoisotopic (exact) mass is 239 g/mol. The first kappa shape index (κ1) is 13.2. The van der Waals surface area contributed by atoms with E-state index in [4.69, 9.17) is 0 Å². The highest BCUT2D eigenvalue weighted by Gasteiger charge is 2.16. The van der Waals surface area contributed by atoms with Gasteiger partial charge < -0.3 is 9.88 Å². The molecule has 0 aliphatic heterocycles. The lowest BCUT2D eigenvalue weighted by Gasteiger charge is -2.07. The Bertz CT molecular complexity index is 424. The van der Waals surface area contributed by atoms with Gasteiger partial charge in [0.1, 0.15) is 5.69 Å². The lowest BCUT2D eigenvalue weighted by Crippen LogP contribution is -2.26. The molecule has 17 heavy (non-hydrogen) atoms. The lowest BCUT2D eigenvalue weighted by atomic mass is 10.1. The van der Waals surface area contributed by atoms with E-state index in [9.17, 15) is 14.9 Å². The van der Waals surface area contributed by atoms with Gasteiger partial charge in [0, 0.05) is 19.7 Å². The van der Waals surface area contributed by atoms with Gasteiger partial charge >= 0.3 is 0 Å². The molecule has 6 nitrogen and oxygen atoms in total. The quantitative estimate of drug-likeness (QED) is 0.627. The molecule has 0 atom stereocenters. The number of aromatic nitrogens is 1. The minimum atomic E-state index is -0.509. The fourth-order valence-electron chi connectivity index (χ4n) is 1.44. The molecule has 1 rings (SSSR count). The second-order valence-corrected chi connectivity index (χ2v) is 4.39. The summed E-state index contributed by atoms with van der Waals surface area (Å²) in [5.41, 5.74) is 0.238. The Morgan fingerprint density at radius 1 is 1.59 bits per heavy atom. The summed E-state index contributed by atoms with van der Waals surface area (Å²) in [6.45, 7) is 4.72. The van der Waals surface area contributed by atoms with E-state index < -0.39 is 4.92 Å². The van der Waals surface area contributed by atoms with E-state index in [-0.39, 0.29) is 11.6 Å². The maximum absolute atomic E-state index is 11.7. The van der Waals surface area contributed by atoms with E-state index in [0.717, 1.165) is 6.42 Å². The lowest BCUT2D eigenvalue weighted by molar-refractivity contribution is -0.384. The summed E-state index contributed by atoms with van der Waals surface area (Å²) in [6, 6.07) is 1.28. The highest BCUT2D eigenvalue weighted by Crippen LogP contribution is 2.14.